The van der Waals surface area contributed by atoms with Gasteiger partial charge in [0.15, 0.2) is 0 Å². The van der Waals surface area contributed by atoms with Crippen LogP contribution >= 0.6 is 0 Å². The quantitative estimate of drug-likeness (QED) is 0.201. The van der Waals surface area contributed by atoms with Gasteiger partial charge in [-0.1, -0.05) is 104 Å². The molecule has 0 aromatic heterocycles. The second kappa shape index (κ2) is 21.4. The van der Waals surface area contributed by atoms with Crippen LogP contribution in [0.3, 0.4) is 0 Å². The molecule has 0 bridgehead atoms. The molecule has 0 spiro atoms. The van der Waals surface area contributed by atoms with Crippen LogP contribution in [0.4, 0.5) is 0 Å². The van der Waals surface area contributed by atoms with Crippen molar-refractivity contribution in [2.24, 2.45) is 5.73 Å². The molecule has 1 unspecified atom stereocenters. The lowest BCUT2D eigenvalue weighted by molar-refractivity contribution is -0.121. The Hall–Kier alpha value is -0.610. The molecule has 0 aliphatic carbocycles. The summed E-state index contributed by atoms with van der Waals surface area (Å²) in [6.07, 6.45) is 21.6. The summed E-state index contributed by atoms with van der Waals surface area (Å²) in [6.45, 7) is 4.26. The van der Waals surface area contributed by atoms with Gasteiger partial charge in [-0.05, 0) is 12.8 Å². The normalized spacial score (nSPS) is 11.8. The number of unbranched alkanes of at least 4 members (excludes halogenated alkanes) is 14. The smallest absolute Gasteiger partial charge is 0.221 e. The Labute approximate surface area is 157 Å². The number of amides is 1. The zero-order valence-electron chi connectivity index (χ0n) is 17.3. The molecule has 0 saturated carbocycles. The largest absolute Gasteiger partial charge is 0.344 e. The average Bonchev–Trinajstić information content (AvgIpc) is 2.58. The Bertz CT molecular complexity index is 272. The fraction of sp³-hybridized carbons (Fsp3) is 0.952. The third kappa shape index (κ3) is 21.3. The molecule has 0 fully saturated rings. The topological polar surface area (TPSA) is 90.1 Å². The molecule has 6 N–H and O–H groups in total. The average molecular weight is 358 g/mol. The maximum atomic E-state index is 11.6. The number of carbonyl (C=O) groups excluding carboxylic acids is 1. The molecule has 4 heteroatoms. The van der Waals surface area contributed by atoms with E-state index in [0.29, 0.717) is 6.42 Å². The second-order valence-electron chi connectivity index (χ2n) is 7.28. The molecule has 0 aliphatic heterocycles. The molecular weight excluding hydrogens is 310 g/mol. The van der Waals surface area contributed by atoms with E-state index in [1.54, 1.807) is 0 Å². The summed E-state index contributed by atoms with van der Waals surface area (Å²) in [6, 6.07) is 0. The number of hydrogen-bond acceptors (Lipinski definition) is 3. The van der Waals surface area contributed by atoms with Gasteiger partial charge in [-0.15, -0.1) is 0 Å². The molecule has 4 nitrogen and oxygen atoms in total. The molecule has 0 aliphatic rings. The van der Waals surface area contributed by atoms with Gasteiger partial charge in [-0.2, -0.15) is 0 Å². The summed E-state index contributed by atoms with van der Waals surface area (Å²) >= 11 is 0. The Morgan fingerprint density at radius 1 is 0.720 bits per heavy atom. The Morgan fingerprint density at radius 3 is 1.44 bits per heavy atom. The number of nitrogens with two attached hydrogens (primary N) is 1. The maximum absolute atomic E-state index is 11.6. The standard InChI is InChI=1S/C21H44N2O.H3N/c1-3-5-6-7-8-9-10-11-12-13-14-15-16-17-18-19-21(24)23-20(22)4-2;/h20H,3-19,22H2,1-2H3,(H,23,24);1H3. The third-order valence-corrected chi connectivity index (χ3v) is 4.79. The number of rotatable bonds is 18. The van der Waals surface area contributed by atoms with Crippen molar-refractivity contribution in [1.82, 2.24) is 11.5 Å². The highest BCUT2D eigenvalue weighted by Crippen LogP contribution is 2.13. The minimum absolute atomic E-state index is 0. The monoisotopic (exact) mass is 357 g/mol. The van der Waals surface area contributed by atoms with Crippen molar-refractivity contribution in [3.8, 4) is 0 Å². The Morgan fingerprint density at radius 2 is 1.08 bits per heavy atom. The second-order valence-corrected chi connectivity index (χ2v) is 7.28. The zero-order valence-corrected chi connectivity index (χ0v) is 17.3. The molecule has 0 aromatic rings. The van der Waals surface area contributed by atoms with Crippen molar-refractivity contribution < 1.29 is 4.79 Å². The molecule has 0 heterocycles. The fourth-order valence-electron chi connectivity index (χ4n) is 3.04. The van der Waals surface area contributed by atoms with Crippen LogP contribution < -0.4 is 17.2 Å². The fourth-order valence-corrected chi connectivity index (χ4v) is 3.04. The van der Waals surface area contributed by atoms with Crippen LogP contribution in [0.15, 0.2) is 0 Å². The van der Waals surface area contributed by atoms with E-state index >= 15 is 0 Å². The summed E-state index contributed by atoms with van der Waals surface area (Å²) in [5.74, 6) is 0.110. The molecule has 152 valence electrons. The molecule has 1 atom stereocenters. The van der Waals surface area contributed by atoms with Crippen LogP contribution in [-0.4, -0.2) is 12.1 Å². The SMILES string of the molecule is CCCCCCCCCCCCCCCCCC(=O)NC(N)CC.N. The lowest BCUT2D eigenvalue weighted by atomic mass is 10.0. The van der Waals surface area contributed by atoms with Gasteiger partial charge in [-0.25, -0.2) is 0 Å². The van der Waals surface area contributed by atoms with Crippen LogP contribution in [0.1, 0.15) is 123 Å². The zero-order chi connectivity index (χ0) is 17.9. The first kappa shape index (κ1) is 26.6. The molecule has 0 rings (SSSR count). The summed E-state index contributed by atoms with van der Waals surface area (Å²) < 4.78 is 0. The molecule has 0 radical (unpaired) electrons. The first-order valence-corrected chi connectivity index (χ1v) is 10.8. The highest BCUT2D eigenvalue weighted by molar-refractivity contribution is 5.76. The Kier molecular flexibility index (Phi) is 22.8. The van der Waals surface area contributed by atoms with Gasteiger partial charge in [0.25, 0.3) is 0 Å². The van der Waals surface area contributed by atoms with Crippen molar-refractivity contribution >= 4 is 5.91 Å². The molecular formula is C21H47N3O. The summed E-state index contributed by atoms with van der Waals surface area (Å²) in [5.41, 5.74) is 5.70. The van der Waals surface area contributed by atoms with Crippen LogP contribution in [0.5, 0.6) is 0 Å². The van der Waals surface area contributed by atoms with Crippen molar-refractivity contribution in [3.63, 3.8) is 0 Å². The van der Waals surface area contributed by atoms with E-state index in [2.05, 4.69) is 12.2 Å². The van der Waals surface area contributed by atoms with E-state index in [1.165, 1.54) is 89.9 Å². The minimum Gasteiger partial charge on any atom is -0.344 e. The van der Waals surface area contributed by atoms with E-state index in [1.807, 2.05) is 6.92 Å². The minimum atomic E-state index is -0.172. The van der Waals surface area contributed by atoms with Crippen molar-refractivity contribution in [3.05, 3.63) is 0 Å². The summed E-state index contributed by atoms with van der Waals surface area (Å²) in [5, 5.41) is 2.82. The molecule has 1 amide bonds. The number of nitrogens with one attached hydrogen (secondary N) is 1. The van der Waals surface area contributed by atoms with Crippen LogP contribution in [-0.2, 0) is 4.79 Å². The predicted molar refractivity (Wildman–Crippen MR) is 111 cm³/mol. The van der Waals surface area contributed by atoms with E-state index in [0.717, 1.165) is 12.8 Å². The van der Waals surface area contributed by atoms with Gasteiger partial charge in [0, 0.05) is 6.42 Å². The number of hydrogen-bond donors (Lipinski definition) is 3. The summed E-state index contributed by atoms with van der Waals surface area (Å²) in [4.78, 5) is 11.6. The maximum Gasteiger partial charge on any atom is 0.221 e. The predicted octanol–water partition coefficient (Wildman–Crippen LogP) is 6.22. The highest BCUT2D eigenvalue weighted by Gasteiger charge is 2.04. The van der Waals surface area contributed by atoms with Crippen molar-refractivity contribution in [1.29, 1.82) is 0 Å². The lowest BCUT2D eigenvalue weighted by Crippen LogP contribution is -2.40. The van der Waals surface area contributed by atoms with Crippen molar-refractivity contribution in [2.75, 3.05) is 0 Å². The van der Waals surface area contributed by atoms with Crippen LogP contribution in [0.2, 0.25) is 0 Å². The highest BCUT2D eigenvalue weighted by atomic mass is 16.1. The third-order valence-electron chi connectivity index (χ3n) is 4.79. The van der Waals surface area contributed by atoms with Crippen molar-refractivity contribution in [2.45, 2.75) is 129 Å². The van der Waals surface area contributed by atoms with E-state index in [4.69, 9.17) is 5.73 Å². The van der Waals surface area contributed by atoms with E-state index in [9.17, 15) is 4.79 Å². The first-order chi connectivity index (χ1) is 11.7. The van der Waals surface area contributed by atoms with Gasteiger partial charge in [0.05, 0.1) is 6.17 Å². The summed E-state index contributed by atoms with van der Waals surface area (Å²) in [7, 11) is 0. The first-order valence-electron chi connectivity index (χ1n) is 10.8. The van der Waals surface area contributed by atoms with Crippen LogP contribution in [0.25, 0.3) is 0 Å². The van der Waals surface area contributed by atoms with Gasteiger partial charge < -0.3 is 17.2 Å². The number of carbonyl (C=O) groups is 1. The van der Waals surface area contributed by atoms with Gasteiger partial charge in [0.2, 0.25) is 5.91 Å². The van der Waals surface area contributed by atoms with Gasteiger partial charge in [0.1, 0.15) is 0 Å². The molecule has 25 heavy (non-hydrogen) atoms. The molecule has 0 saturated heterocycles. The van der Waals surface area contributed by atoms with Gasteiger partial charge in [-0.3, -0.25) is 4.79 Å². The van der Waals surface area contributed by atoms with Crippen LogP contribution in [0, 0.1) is 0 Å². The lowest BCUT2D eigenvalue weighted by Gasteiger charge is -2.10. The van der Waals surface area contributed by atoms with Gasteiger partial charge >= 0.3 is 0 Å². The Balaban J connectivity index is 0. The van der Waals surface area contributed by atoms with E-state index in [-0.39, 0.29) is 18.2 Å². The molecule has 0 aromatic carbocycles. The van der Waals surface area contributed by atoms with E-state index < -0.39 is 0 Å².